The number of phenolic OH excluding ortho intramolecular Hbond substituents is 1. The van der Waals surface area contributed by atoms with Crippen LogP contribution in [0.4, 0.5) is 0 Å². The lowest BCUT2D eigenvalue weighted by atomic mass is 10.1. The van der Waals surface area contributed by atoms with Crippen molar-refractivity contribution >= 4 is 5.70 Å². The molecule has 80 valence electrons. The highest BCUT2D eigenvalue weighted by Gasteiger charge is 2.02. The van der Waals surface area contributed by atoms with Crippen LogP contribution in [0.2, 0.25) is 0 Å². The molecular weight excluding hydrogens is 190 g/mol. The third-order valence-corrected chi connectivity index (χ3v) is 1.98. The first-order valence-electron chi connectivity index (χ1n) is 4.49. The fourth-order valence-corrected chi connectivity index (χ4v) is 1.08. The Balaban J connectivity index is 3.11. The maximum Gasteiger partial charge on any atom is 0.124 e. The van der Waals surface area contributed by atoms with Gasteiger partial charge in [0.05, 0.1) is 5.70 Å². The maximum atomic E-state index is 9.52. The monoisotopic (exact) mass is 205 g/mol. The highest BCUT2D eigenvalue weighted by Crippen LogP contribution is 2.21. The first-order chi connectivity index (χ1) is 7.02. The number of hydrogen-bond acceptors (Lipinski definition) is 4. The fraction of sp³-hybridized carbons (Fsp3) is 0.0909. The van der Waals surface area contributed by atoms with E-state index in [1.807, 2.05) is 0 Å². The average molecular weight is 205 g/mol. The van der Waals surface area contributed by atoms with E-state index in [9.17, 15) is 5.11 Å². The molecule has 0 aliphatic heterocycles. The molecule has 0 radical (unpaired) electrons. The van der Waals surface area contributed by atoms with Crippen LogP contribution in [0.5, 0.6) is 5.75 Å². The number of hydrogen-bond donors (Lipinski definition) is 4. The van der Waals surface area contributed by atoms with E-state index in [0.29, 0.717) is 22.7 Å². The first-order valence-corrected chi connectivity index (χ1v) is 4.49. The standard InChI is InChI=1S/C11H15N3O/c1-7(12)9(13)6-10(14)8-4-2-3-5-11(8)15/h2-6,15H,12-14H2,1H3/b9-7+,10-6-. The third kappa shape index (κ3) is 2.67. The minimum atomic E-state index is 0.119. The zero-order chi connectivity index (χ0) is 11.4. The molecule has 0 spiro atoms. The Kier molecular flexibility index (Phi) is 3.23. The van der Waals surface area contributed by atoms with Crippen molar-refractivity contribution in [1.29, 1.82) is 0 Å². The van der Waals surface area contributed by atoms with E-state index in [4.69, 9.17) is 17.2 Å². The van der Waals surface area contributed by atoms with Gasteiger partial charge < -0.3 is 22.3 Å². The Morgan fingerprint density at radius 3 is 2.33 bits per heavy atom. The van der Waals surface area contributed by atoms with Gasteiger partial charge in [-0.05, 0) is 25.1 Å². The molecule has 0 saturated carbocycles. The van der Waals surface area contributed by atoms with Gasteiger partial charge in [-0.15, -0.1) is 0 Å². The zero-order valence-electron chi connectivity index (χ0n) is 8.57. The summed E-state index contributed by atoms with van der Waals surface area (Å²) in [6, 6.07) is 6.77. The number of allylic oxidation sites excluding steroid dienone is 2. The average Bonchev–Trinajstić information content (AvgIpc) is 2.18. The summed E-state index contributed by atoms with van der Waals surface area (Å²) in [5.74, 6) is 0.119. The maximum absolute atomic E-state index is 9.52. The van der Waals surface area contributed by atoms with Gasteiger partial charge in [-0.25, -0.2) is 0 Å². The predicted octanol–water partition coefficient (Wildman–Crippen LogP) is 0.841. The van der Waals surface area contributed by atoms with Gasteiger partial charge in [0.25, 0.3) is 0 Å². The summed E-state index contributed by atoms with van der Waals surface area (Å²) < 4.78 is 0. The molecule has 0 saturated heterocycles. The Labute approximate surface area is 88.7 Å². The van der Waals surface area contributed by atoms with Crippen molar-refractivity contribution in [3.05, 3.63) is 47.3 Å². The van der Waals surface area contributed by atoms with Crippen LogP contribution in [-0.2, 0) is 0 Å². The van der Waals surface area contributed by atoms with E-state index in [2.05, 4.69) is 0 Å². The normalized spacial score (nSPS) is 13.5. The largest absolute Gasteiger partial charge is 0.507 e. The molecule has 0 aliphatic rings. The molecule has 15 heavy (non-hydrogen) atoms. The van der Waals surface area contributed by atoms with Crippen molar-refractivity contribution in [3.63, 3.8) is 0 Å². The smallest absolute Gasteiger partial charge is 0.124 e. The van der Waals surface area contributed by atoms with E-state index < -0.39 is 0 Å². The predicted molar refractivity (Wildman–Crippen MR) is 61.3 cm³/mol. The number of para-hydroxylation sites is 1. The Morgan fingerprint density at radius 1 is 1.20 bits per heavy atom. The molecule has 0 aromatic heterocycles. The Morgan fingerprint density at radius 2 is 1.80 bits per heavy atom. The van der Waals surface area contributed by atoms with Crippen molar-refractivity contribution < 1.29 is 5.11 Å². The number of benzene rings is 1. The number of nitrogens with two attached hydrogens (primary N) is 3. The van der Waals surface area contributed by atoms with Crippen molar-refractivity contribution in [2.75, 3.05) is 0 Å². The zero-order valence-corrected chi connectivity index (χ0v) is 8.57. The number of phenols is 1. The summed E-state index contributed by atoms with van der Waals surface area (Å²) in [5, 5.41) is 9.52. The van der Waals surface area contributed by atoms with Crippen molar-refractivity contribution in [3.8, 4) is 5.75 Å². The molecule has 0 unspecified atom stereocenters. The second kappa shape index (κ2) is 4.41. The van der Waals surface area contributed by atoms with Gasteiger partial charge in [0.15, 0.2) is 0 Å². The summed E-state index contributed by atoms with van der Waals surface area (Å²) in [4.78, 5) is 0. The van der Waals surface area contributed by atoms with Crippen molar-refractivity contribution in [1.82, 2.24) is 0 Å². The lowest BCUT2D eigenvalue weighted by Gasteiger charge is -2.05. The van der Waals surface area contributed by atoms with Gasteiger partial charge in [0, 0.05) is 17.0 Å². The van der Waals surface area contributed by atoms with Gasteiger partial charge in [-0.3, -0.25) is 0 Å². The molecule has 1 rings (SSSR count). The van der Waals surface area contributed by atoms with E-state index in [0.717, 1.165) is 0 Å². The molecule has 7 N–H and O–H groups in total. The number of rotatable bonds is 2. The summed E-state index contributed by atoms with van der Waals surface area (Å²) in [6.07, 6.45) is 1.53. The molecule has 0 fully saturated rings. The minimum Gasteiger partial charge on any atom is -0.507 e. The minimum absolute atomic E-state index is 0.119. The van der Waals surface area contributed by atoms with Gasteiger partial charge in [0.2, 0.25) is 0 Å². The molecule has 0 bridgehead atoms. The molecular formula is C11H15N3O. The molecule has 4 nitrogen and oxygen atoms in total. The van der Waals surface area contributed by atoms with Gasteiger partial charge in [-0.1, -0.05) is 12.1 Å². The van der Waals surface area contributed by atoms with Gasteiger partial charge >= 0.3 is 0 Å². The second-order valence-corrected chi connectivity index (χ2v) is 3.26. The Hall–Kier alpha value is -2.10. The topological polar surface area (TPSA) is 98.3 Å². The van der Waals surface area contributed by atoms with Gasteiger partial charge in [-0.2, -0.15) is 0 Å². The lowest BCUT2D eigenvalue weighted by Crippen LogP contribution is -2.07. The van der Waals surface area contributed by atoms with Crippen LogP contribution in [0.3, 0.4) is 0 Å². The van der Waals surface area contributed by atoms with Crippen molar-refractivity contribution in [2.24, 2.45) is 17.2 Å². The molecule has 0 atom stereocenters. The third-order valence-electron chi connectivity index (χ3n) is 1.98. The van der Waals surface area contributed by atoms with E-state index in [1.165, 1.54) is 6.08 Å². The summed E-state index contributed by atoms with van der Waals surface area (Å²) in [5.41, 5.74) is 18.7. The first kappa shape index (κ1) is 11.0. The number of aromatic hydroxyl groups is 1. The highest BCUT2D eigenvalue weighted by atomic mass is 16.3. The van der Waals surface area contributed by atoms with Crippen molar-refractivity contribution in [2.45, 2.75) is 6.92 Å². The molecule has 1 aromatic rings. The van der Waals surface area contributed by atoms with Crippen LogP contribution < -0.4 is 17.2 Å². The van der Waals surface area contributed by atoms with Crippen LogP contribution in [0.15, 0.2) is 41.7 Å². The Bertz CT molecular complexity index is 418. The fourth-order valence-electron chi connectivity index (χ4n) is 1.08. The van der Waals surface area contributed by atoms with Crippen LogP contribution in [0, 0.1) is 0 Å². The molecule has 0 heterocycles. The molecule has 4 heteroatoms. The molecule has 0 amide bonds. The molecule has 0 aliphatic carbocycles. The quantitative estimate of drug-likeness (QED) is 0.538. The van der Waals surface area contributed by atoms with Crippen LogP contribution in [0.1, 0.15) is 12.5 Å². The summed E-state index contributed by atoms with van der Waals surface area (Å²) in [7, 11) is 0. The molecule has 1 aromatic carbocycles. The SMILES string of the molecule is C/C(N)=C(N)/C=C(\N)c1ccccc1O. The second-order valence-electron chi connectivity index (χ2n) is 3.26. The van der Waals surface area contributed by atoms with E-state index in [1.54, 1.807) is 31.2 Å². The van der Waals surface area contributed by atoms with Crippen LogP contribution >= 0.6 is 0 Å². The van der Waals surface area contributed by atoms with Crippen LogP contribution in [0.25, 0.3) is 5.70 Å². The van der Waals surface area contributed by atoms with Crippen LogP contribution in [-0.4, -0.2) is 5.11 Å². The summed E-state index contributed by atoms with van der Waals surface area (Å²) in [6.45, 7) is 1.68. The summed E-state index contributed by atoms with van der Waals surface area (Å²) >= 11 is 0. The van der Waals surface area contributed by atoms with E-state index >= 15 is 0 Å². The van der Waals surface area contributed by atoms with Gasteiger partial charge in [0.1, 0.15) is 5.75 Å². The highest BCUT2D eigenvalue weighted by molar-refractivity contribution is 5.69. The lowest BCUT2D eigenvalue weighted by molar-refractivity contribution is 0.473. The van der Waals surface area contributed by atoms with E-state index in [-0.39, 0.29) is 5.75 Å².